The van der Waals surface area contributed by atoms with Gasteiger partial charge in [-0.2, -0.15) is 0 Å². The number of benzene rings is 2. The minimum Gasteiger partial charge on any atom is -0.347 e. The van der Waals surface area contributed by atoms with Crippen LogP contribution >= 0.6 is 0 Å². The molecule has 2 heterocycles. The van der Waals surface area contributed by atoms with Crippen molar-refractivity contribution in [3.63, 3.8) is 0 Å². The first-order chi connectivity index (χ1) is 13.1. The van der Waals surface area contributed by atoms with Crippen molar-refractivity contribution in [1.29, 1.82) is 0 Å². The molecule has 0 radical (unpaired) electrons. The smallest absolute Gasteiger partial charge is 0.271 e. The van der Waals surface area contributed by atoms with E-state index in [4.69, 9.17) is 0 Å². The molecule has 0 atom stereocenters. The van der Waals surface area contributed by atoms with Gasteiger partial charge in [-0.15, -0.1) is 0 Å². The zero-order chi connectivity index (χ0) is 18.8. The van der Waals surface area contributed by atoms with Gasteiger partial charge in [-0.3, -0.25) is 9.78 Å². The van der Waals surface area contributed by atoms with Gasteiger partial charge in [0.25, 0.3) is 5.91 Å². The van der Waals surface area contributed by atoms with Crippen LogP contribution in [0.5, 0.6) is 0 Å². The molecule has 0 aliphatic heterocycles. The lowest BCUT2D eigenvalue weighted by atomic mass is 10.2. The summed E-state index contributed by atoms with van der Waals surface area (Å²) in [7, 11) is 0. The van der Waals surface area contributed by atoms with Crippen molar-refractivity contribution < 1.29 is 9.18 Å². The van der Waals surface area contributed by atoms with Crippen LogP contribution < -0.4 is 5.32 Å². The van der Waals surface area contributed by atoms with Gasteiger partial charge in [0.1, 0.15) is 17.3 Å². The molecule has 0 saturated carbocycles. The molecule has 0 saturated heterocycles. The van der Waals surface area contributed by atoms with Crippen LogP contribution in [0.4, 0.5) is 4.39 Å². The highest BCUT2D eigenvalue weighted by Gasteiger charge is 2.11. The predicted molar refractivity (Wildman–Crippen MR) is 99.0 cm³/mol. The third-order valence-corrected chi connectivity index (χ3v) is 4.23. The topological polar surface area (TPSA) is 72.7 Å². The summed E-state index contributed by atoms with van der Waals surface area (Å²) in [6.07, 6.45) is 4.75. The number of para-hydroxylation sites is 2. The van der Waals surface area contributed by atoms with Gasteiger partial charge in [-0.1, -0.05) is 18.2 Å². The zero-order valence-electron chi connectivity index (χ0n) is 14.6. The monoisotopic (exact) mass is 361 g/mol. The molecule has 0 bridgehead atoms. The molecule has 2 aromatic carbocycles. The second-order valence-electron chi connectivity index (χ2n) is 6.06. The molecule has 0 fully saturated rings. The zero-order valence-corrected chi connectivity index (χ0v) is 14.6. The van der Waals surface area contributed by atoms with E-state index in [1.165, 1.54) is 12.3 Å². The van der Waals surface area contributed by atoms with E-state index < -0.39 is 0 Å². The number of fused-ring (bicyclic) bond motifs is 1. The van der Waals surface area contributed by atoms with Crippen LogP contribution in [0.25, 0.3) is 16.7 Å². The number of carbonyl (C=O) groups is 1. The lowest BCUT2D eigenvalue weighted by Gasteiger charge is -2.09. The summed E-state index contributed by atoms with van der Waals surface area (Å²) in [5.41, 5.74) is 2.66. The summed E-state index contributed by atoms with van der Waals surface area (Å²) in [4.78, 5) is 25.0. The molecule has 0 unspecified atom stereocenters. The fourth-order valence-corrected chi connectivity index (χ4v) is 2.83. The number of hydrogen-bond acceptors (Lipinski definition) is 4. The van der Waals surface area contributed by atoms with Crippen LogP contribution in [0.1, 0.15) is 21.9 Å². The largest absolute Gasteiger partial charge is 0.347 e. The van der Waals surface area contributed by atoms with E-state index in [0.717, 1.165) is 5.52 Å². The Hall–Kier alpha value is -3.61. The first-order valence-corrected chi connectivity index (χ1v) is 8.40. The average molecular weight is 361 g/mol. The Morgan fingerprint density at radius 2 is 1.96 bits per heavy atom. The Morgan fingerprint density at radius 3 is 2.70 bits per heavy atom. The molecule has 4 aromatic rings. The van der Waals surface area contributed by atoms with E-state index in [1.807, 2.05) is 18.2 Å². The fraction of sp³-hybridized carbons (Fsp3) is 0.100. The van der Waals surface area contributed by atoms with E-state index in [9.17, 15) is 9.18 Å². The molecule has 134 valence electrons. The Labute approximate surface area is 154 Å². The molecule has 2 aromatic heterocycles. The number of hydrogen-bond donors (Lipinski definition) is 1. The molecule has 4 rings (SSSR count). The van der Waals surface area contributed by atoms with E-state index in [2.05, 4.69) is 20.3 Å². The molecule has 1 N–H and O–H groups in total. The van der Waals surface area contributed by atoms with Crippen LogP contribution in [0.15, 0.2) is 61.1 Å². The van der Waals surface area contributed by atoms with Gasteiger partial charge < -0.3 is 9.88 Å². The number of nitrogens with one attached hydrogen (secondary N) is 1. The number of aryl methyl sites for hydroxylation is 1. The SMILES string of the molecule is Cc1nccn1-c1ccc(CNC(=O)c2cnc3ccccc3n2)cc1F. The van der Waals surface area contributed by atoms with Crippen molar-refractivity contribution in [2.24, 2.45) is 0 Å². The van der Waals surface area contributed by atoms with Gasteiger partial charge in [-0.25, -0.2) is 14.4 Å². The van der Waals surface area contributed by atoms with Gasteiger partial charge >= 0.3 is 0 Å². The number of carbonyl (C=O) groups excluding carboxylic acids is 1. The van der Waals surface area contributed by atoms with Gasteiger partial charge in [0, 0.05) is 18.9 Å². The maximum absolute atomic E-state index is 14.4. The molecule has 7 heteroatoms. The molecular formula is C20H16FN5O. The summed E-state index contributed by atoms with van der Waals surface area (Å²) >= 11 is 0. The molecule has 0 aliphatic carbocycles. The van der Waals surface area contributed by atoms with Crippen molar-refractivity contribution >= 4 is 16.9 Å². The molecule has 6 nitrogen and oxygen atoms in total. The number of amides is 1. The van der Waals surface area contributed by atoms with Crippen molar-refractivity contribution in [3.8, 4) is 5.69 Å². The van der Waals surface area contributed by atoms with Crippen LogP contribution in [0.2, 0.25) is 0 Å². The first-order valence-electron chi connectivity index (χ1n) is 8.40. The van der Waals surface area contributed by atoms with E-state index in [1.54, 1.807) is 42.1 Å². The Bertz CT molecular complexity index is 1140. The molecule has 0 aliphatic rings. The Balaban J connectivity index is 1.48. The van der Waals surface area contributed by atoms with Crippen molar-refractivity contribution in [2.45, 2.75) is 13.5 Å². The molecule has 0 spiro atoms. The molecule has 1 amide bonds. The summed E-state index contributed by atoms with van der Waals surface area (Å²) < 4.78 is 16.1. The normalized spacial score (nSPS) is 10.9. The van der Waals surface area contributed by atoms with E-state index in [-0.39, 0.29) is 24.0 Å². The second-order valence-corrected chi connectivity index (χ2v) is 6.06. The summed E-state index contributed by atoms with van der Waals surface area (Å²) in [5, 5.41) is 2.75. The maximum atomic E-state index is 14.4. The Morgan fingerprint density at radius 1 is 1.15 bits per heavy atom. The van der Waals surface area contributed by atoms with Gasteiger partial charge in [0.05, 0.1) is 22.9 Å². The lowest BCUT2D eigenvalue weighted by molar-refractivity contribution is 0.0946. The van der Waals surface area contributed by atoms with Crippen molar-refractivity contribution in [3.05, 3.63) is 84.0 Å². The highest BCUT2D eigenvalue weighted by Crippen LogP contribution is 2.17. The van der Waals surface area contributed by atoms with Crippen LogP contribution in [0.3, 0.4) is 0 Å². The number of aromatic nitrogens is 4. The highest BCUT2D eigenvalue weighted by atomic mass is 19.1. The van der Waals surface area contributed by atoms with Crippen LogP contribution in [0, 0.1) is 12.7 Å². The van der Waals surface area contributed by atoms with Crippen LogP contribution in [-0.4, -0.2) is 25.4 Å². The standard InChI is InChI=1S/C20H16FN5O/c1-13-22-8-9-26(13)19-7-6-14(10-15(19)21)11-24-20(27)18-12-23-16-4-2-3-5-17(16)25-18/h2-10,12H,11H2,1H3,(H,24,27). The highest BCUT2D eigenvalue weighted by molar-refractivity contribution is 5.93. The predicted octanol–water partition coefficient (Wildman–Crippen LogP) is 3.19. The third-order valence-electron chi connectivity index (χ3n) is 4.23. The van der Waals surface area contributed by atoms with Crippen molar-refractivity contribution in [2.75, 3.05) is 0 Å². The summed E-state index contributed by atoms with van der Waals surface area (Å²) in [5.74, 6) is -0.0404. The van der Waals surface area contributed by atoms with Crippen LogP contribution in [-0.2, 0) is 6.54 Å². The summed E-state index contributed by atoms with van der Waals surface area (Å²) in [6.45, 7) is 1.99. The number of halogens is 1. The number of nitrogens with zero attached hydrogens (tertiary/aromatic N) is 4. The lowest BCUT2D eigenvalue weighted by Crippen LogP contribution is -2.24. The third kappa shape index (κ3) is 3.39. The fourth-order valence-electron chi connectivity index (χ4n) is 2.83. The minimum absolute atomic E-state index is 0.188. The second kappa shape index (κ2) is 6.95. The van der Waals surface area contributed by atoms with E-state index in [0.29, 0.717) is 22.6 Å². The molecular weight excluding hydrogens is 345 g/mol. The maximum Gasteiger partial charge on any atom is 0.271 e. The van der Waals surface area contributed by atoms with E-state index >= 15 is 0 Å². The quantitative estimate of drug-likeness (QED) is 0.606. The minimum atomic E-state index is -0.381. The first kappa shape index (κ1) is 16.8. The van der Waals surface area contributed by atoms with Gasteiger partial charge in [0.15, 0.2) is 0 Å². The number of imidazole rings is 1. The van der Waals surface area contributed by atoms with Gasteiger partial charge in [-0.05, 0) is 36.8 Å². The van der Waals surface area contributed by atoms with Gasteiger partial charge in [0.2, 0.25) is 0 Å². The average Bonchev–Trinajstić information content (AvgIpc) is 3.11. The number of rotatable bonds is 4. The Kier molecular flexibility index (Phi) is 4.33. The summed E-state index contributed by atoms with van der Waals surface area (Å²) in [6, 6.07) is 12.2. The van der Waals surface area contributed by atoms with Crippen molar-refractivity contribution in [1.82, 2.24) is 24.8 Å². The molecule has 27 heavy (non-hydrogen) atoms.